The lowest BCUT2D eigenvalue weighted by Crippen LogP contribution is -2.42. The van der Waals surface area contributed by atoms with Gasteiger partial charge in [-0.05, 0) is 31.5 Å². The Balaban J connectivity index is 2.25. The van der Waals surface area contributed by atoms with E-state index in [9.17, 15) is 19.2 Å². The zero-order valence-electron chi connectivity index (χ0n) is 15.9. The Morgan fingerprint density at radius 3 is 2.61 bits per heavy atom. The zero-order chi connectivity index (χ0) is 20.6. The molecule has 28 heavy (non-hydrogen) atoms. The summed E-state index contributed by atoms with van der Waals surface area (Å²) in [4.78, 5) is 52.4. The summed E-state index contributed by atoms with van der Waals surface area (Å²) in [6.45, 7) is 4.10. The fourth-order valence-corrected chi connectivity index (χ4v) is 2.99. The molecule has 1 atom stereocenters. The van der Waals surface area contributed by atoms with Crippen LogP contribution >= 0.6 is 0 Å². The Morgan fingerprint density at radius 2 is 1.96 bits per heavy atom. The summed E-state index contributed by atoms with van der Waals surface area (Å²) in [7, 11) is 1.35. The first-order chi connectivity index (χ1) is 13.3. The molecule has 3 rings (SSSR count). The molecule has 0 aliphatic carbocycles. The number of benzene rings is 1. The molecule has 0 fully saturated rings. The first-order valence-electron chi connectivity index (χ1n) is 8.98. The van der Waals surface area contributed by atoms with Crippen molar-refractivity contribution in [2.75, 3.05) is 0 Å². The third-order valence-electron chi connectivity index (χ3n) is 4.68. The van der Waals surface area contributed by atoms with Gasteiger partial charge in [0.15, 0.2) is 0 Å². The molecule has 0 unspecified atom stereocenters. The minimum atomic E-state index is -0.834. The van der Waals surface area contributed by atoms with Gasteiger partial charge in [0.05, 0.1) is 11.0 Å². The molecule has 0 bridgehead atoms. The number of nitrogens with zero attached hydrogens (tertiary/aromatic N) is 4. The molecule has 0 aliphatic rings. The van der Waals surface area contributed by atoms with Gasteiger partial charge in [-0.1, -0.05) is 13.3 Å². The summed E-state index contributed by atoms with van der Waals surface area (Å²) in [5, 5.41) is 2.51. The van der Waals surface area contributed by atoms with Crippen LogP contribution in [0.25, 0.3) is 16.8 Å². The first kappa shape index (κ1) is 19.3. The molecule has 3 N–H and O–H groups in total. The standard InChI is InChI=1S/C18H22N6O4/c1-4-5-8-23-12-7-6-11(15(26)20-10(2)14(19)25)9-13(12)24-16(23)21-17(27)22(3)18(24)28/h6-7,9-10H,4-5,8H2,1-3H3,(H2,19,25)(H,20,26)/t10-/m0/s1. The predicted octanol–water partition coefficient (Wildman–Crippen LogP) is -0.248. The smallest absolute Gasteiger partial charge is 0.354 e. The topological polar surface area (TPSA) is 133 Å². The minimum absolute atomic E-state index is 0.236. The normalized spacial score (nSPS) is 12.4. The lowest BCUT2D eigenvalue weighted by atomic mass is 10.1. The van der Waals surface area contributed by atoms with Crippen molar-refractivity contribution in [3.05, 3.63) is 44.7 Å². The minimum Gasteiger partial charge on any atom is -0.368 e. The summed E-state index contributed by atoms with van der Waals surface area (Å²) in [6, 6.07) is 4.00. The third kappa shape index (κ3) is 3.17. The maximum atomic E-state index is 12.7. The van der Waals surface area contributed by atoms with Crippen LogP contribution in [0.1, 0.15) is 37.0 Å². The summed E-state index contributed by atoms with van der Waals surface area (Å²) in [5.74, 6) is -0.908. The average molecular weight is 386 g/mol. The Kier molecular flexibility index (Phi) is 5.04. The van der Waals surface area contributed by atoms with Gasteiger partial charge in [-0.25, -0.2) is 18.6 Å². The van der Waals surface area contributed by atoms with Gasteiger partial charge in [-0.2, -0.15) is 4.98 Å². The Bertz CT molecular complexity index is 1200. The fraction of sp³-hybridized carbons (Fsp3) is 0.389. The molecule has 0 aliphatic heterocycles. The van der Waals surface area contributed by atoms with Gasteiger partial charge < -0.3 is 15.6 Å². The van der Waals surface area contributed by atoms with E-state index in [0.29, 0.717) is 17.6 Å². The lowest BCUT2D eigenvalue weighted by Gasteiger charge is -2.10. The van der Waals surface area contributed by atoms with Crippen LogP contribution in [0.3, 0.4) is 0 Å². The van der Waals surface area contributed by atoms with Crippen molar-refractivity contribution >= 4 is 28.6 Å². The van der Waals surface area contributed by atoms with Gasteiger partial charge in [0.1, 0.15) is 6.04 Å². The van der Waals surface area contributed by atoms with Crippen LogP contribution in [-0.4, -0.2) is 36.4 Å². The maximum absolute atomic E-state index is 12.7. The van der Waals surface area contributed by atoms with E-state index in [1.165, 1.54) is 18.4 Å². The summed E-state index contributed by atoms with van der Waals surface area (Å²) in [6.07, 6.45) is 1.76. The van der Waals surface area contributed by atoms with Gasteiger partial charge >= 0.3 is 11.4 Å². The van der Waals surface area contributed by atoms with E-state index in [0.717, 1.165) is 17.4 Å². The number of primary amides is 1. The van der Waals surface area contributed by atoms with Crippen LogP contribution in [0, 0.1) is 0 Å². The molecule has 1 aromatic carbocycles. The number of carbonyl (C=O) groups excluding carboxylic acids is 2. The fourth-order valence-electron chi connectivity index (χ4n) is 2.99. The predicted molar refractivity (Wildman–Crippen MR) is 103 cm³/mol. The number of imidazole rings is 1. The number of fused-ring (bicyclic) bond motifs is 3. The number of rotatable bonds is 6. The van der Waals surface area contributed by atoms with Gasteiger partial charge in [0.25, 0.3) is 5.91 Å². The van der Waals surface area contributed by atoms with Crippen molar-refractivity contribution in [2.45, 2.75) is 39.3 Å². The lowest BCUT2D eigenvalue weighted by molar-refractivity contribution is -0.119. The van der Waals surface area contributed by atoms with E-state index in [1.54, 1.807) is 22.8 Å². The van der Waals surface area contributed by atoms with Crippen molar-refractivity contribution in [1.29, 1.82) is 0 Å². The van der Waals surface area contributed by atoms with E-state index < -0.39 is 29.2 Å². The third-order valence-corrected chi connectivity index (χ3v) is 4.68. The van der Waals surface area contributed by atoms with Gasteiger partial charge in [0.2, 0.25) is 11.7 Å². The van der Waals surface area contributed by atoms with Crippen LogP contribution < -0.4 is 22.4 Å². The molecule has 148 valence electrons. The molecule has 0 radical (unpaired) electrons. The molecule has 10 nitrogen and oxygen atoms in total. The summed E-state index contributed by atoms with van der Waals surface area (Å²) < 4.78 is 4.04. The summed E-state index contributed by atoms with van der Waals surface area (Å²) >= 11 is 0. The highest BCUT2D eigenvalue weighted by Crippen LogP contribution is 2.20. The van der Waals surface area contributed by atoms with Crippen LogP contribution in [0.5, 0.6) is 0 Å². The van der Waals surface area contributed by atoms with E-state index in [-0.39, 0.29) is 11.3 Å². The second kappa shape index (κ2) is 7.29. The van der Waals surface area contributed by atoms with Gasteiger partial charge in [0, 0.05) is 19.2 Å². The van der Waals surface area contributed by atoms with Gasteiger partial charge in [-0.15, -0.1) is 0 Å². The second-order valence-corrected chi connectivity index (χ2v) is 6.68. The monoisotopic (exact) mass is 386 g/mol. The number of aromatic nitrogens is 4. The Hall–Kier alpha value is -3.43. The first-order valence-corrected chi connectivity index (χ1v) is 8.98. The molecule has 2 heterocycles. The molecule has 2 aromatic heterocycles. The van der Waals surface area contributed by atoms with E-state index >= 15 is 0 Å². The van der Waals surface area contributed by atoms with E-state index in [2.05, 4.69) is 10.3 Å². The number of hydrogen-bond acceptors (Lipinski definition) is 5. The second-order valence-electron chi connectivity index (χ2n) is 6.68. The van der Waals surface area contributed by atoms with Crippen molar-refractivity contribution in [2.24, 2.45) is 12.8 Å². The van der Waals surface area contributed by atoms with Crippen LogP contribution in [0.15, 0.2) is 27.8 Å². The number of aryl methyl sites for hydroxylation is 1. The van der Waals surface area contributed by atoms with E-state index in [4.69, 9.17) is 5.73 Å². The zero-order valence-corrected chi connectivity index (χ0v) is 15.9. The van der Waals surface area contributed by atoms with Crippen LogP contribution in [-0.2, 0) is 18.4 Å². The molecule has 0 saturated heterocycles. The number of carbonyl (C=O) groups is 2. The summed E-state index contributed by atoms with van der Waals surface area (Å²) in [5.41, 5.74) is 5.40. The highest BCUT2D eigenvalue weighted by Gasteiger charge is 2.19. The highest BCUT2D eigenvalue weighted by atomic mass is 16.2. The molecule has 3 aromatic rings. The molecule has 2 amide bonds. The van der Waals surface area contributed by atoms with Crippen LogP contribution in [0.2, 0.25) is 0 Å². The van der Waals surface area contributed by atoms with E-state index in [1.807, 2.05) is 6.92 Å². The Labute approximate surface area is 159 Å². The number of nitrogens with two attached hydrogens (primary N) is 1. The quantitative estimate of drug-likeness (QED) is 0.603. The molecular weight excluding hydrogens is 364 g/mol. The number of amides is 2. The number of hydrogen-bond donors (Lipinski definition) is 2. The van der Waals surface area contributed by atoms with Crippen LogP contribution in [0.4, 0.5) is 0 Å². The largest absolute Gasteiger partial charge is 0.368 e. The maximum Gasteiger partial charge on any atom is 0.354 e. The molecular formula is C18H22N6O4. The van der Waals surface area contributed by atoms with Gasteiger partial charge in [-0.3, -0.25) is 9.59 Å². The van der Waals surface area contributed by atoms with Crippen molar-refractivity contribution in [3.8, 4) is 0 Å². The number of unbranched alkanes of at least 4 members (excludes halogenated alkanes) is 1. The van der Waals surface area contributed by atoms with Crippen molar-refractivity contribution < 1.29 is 9.59 Å². The highest BCUT2D eigenvalue weighted by molar-refractivity contribution is 6.00. The molecule has 0 saturated carbocycles. The molecule has 0 spiro atoms. The SMILES string of the molecule is CCCCn1c2ccc(C(=O)N[C@@H](C)C(N)=O)cc2n2c(=O)n(C)c(=O)nc12. The Morgan fingerprint density at radius 1 is 1.25 bits per heavy atom. The van der Waals surface area contributed by atoms with Crippen molar-refractivity contribution in [3.63, 3.8) is 0 Å². The average Bonchev–Trinajstić information content (AvgIpc) is 2.96. The molecule has 10 heteroatoms. The number of nitrogens with one attached hydrogen (secondary N) is 1. The van der Waals surface area contributed by atoms with Crippen molar-refractivity contribution in [1.82, 2.24) is 23.8 Å².